The molecule has 306 valence electrons. The number of rotatable bonds is 34. The first-order valence-electron chi connectivity index (χ1n) is 22.9. The van der Waals surface area contributed by atoms with Crippen LogP contribution in [0.15, 0.2) is 72.8 Å². The van der Waals surface area contributed by atoms with Gasteiger partial charge in [-0.15, -0.1) is 0 Å². The highest BCUT2D eigenvalue weighted by Gasteiger charge is 2.13. The first-order chi connectivity index (χ1) is 27.1. The monoisotopic (exact) mass is 755 g/mol. The van der Waals surface area contributed by atoms with Gasteiger partial charge in [0.1, 0.15) is 0 Å². The van der Waals surface area contributed by atoms with Gasteiger partial charge < -0.3 is 14.2 Å². The van der Waals surface area contributed by atoms with Crippen LogP contribution >= 0.6 is 0 Å². The lowest BCUT2D eigenvalue weighted by atomic mass is 10.0. The highest BCUT2D eigenvalue weighted by atomic mass is 16.6. The van der Waals surface area contributed by atoms with Crippen LogP contribution in [0.3, 0.4) is 0 Å². The molecule has 4 nitrogen and oxygen atoms in total. The fourth-order valence-electron chi connectivity index (χ4n) is 7.34. The molecule has 0 bridgehead atoms. The SMILES string of the molecule is CCCCCCCCCCCCCCCCCCOC(C)c1ccc(-c2ccc(C(=O)Oc3ccccc3OCCCCCCCCCCCC)cc2)cc1. The van der Waals surface area contributed by atoms with E-state index in [0.717, 1.165) is 30.6 Å². The molecule has 3 aromatic carbocycles. The van der Waals surface area contributed by atoms with E-state index in [9.17, 15) is 4.79 Å². The average Bonchev–Trinajstić information content (AvgIpc) is 3.21. The maximum absolute atomic E-state index is 13.1. The van der Waals surface area contributed by atoms with Crippen molar-refractivity contribution in [2.75, 3.05) is 13.2 Å². The number of hydrogen-bond acceptors (Lipinski definition) is 4. The molecule has 0 heterocycles. The molecule has 1 atom stereocenters. The minimum atomic E-state index is -0.382. The van der Waals surface area contributed by atoms with Gasteiger partial charge in [-0.2, -0.15) is 0 Å². The van der Waals surface area contributed by atoms with E-state index in [1.165, 1.54) is 160 Å². The Bertz CT molecular complexity index is 1350. The lowest BCUT2D eigenvalue weighted by Gasteiger charge is -2.14. The van der Waals surface area contributed by atoms with Gasteiger partial charge in [-0.25, -0.2) is 4.79 Å². The van der Waals surface area contributed by atoms with Crippen LogP contribution in [0.1, 0.15) is 210 Å². The van der Waals surface area contributed by atoms with Gasteiger partial charge in [-0.1, -0.05) is 216 Å². The number of esters is 1. The largest absolute Gasteiger partial charge is 0.490 e. The van der Waals surface area contributed by atoms with E-state index in [0.29, 0.717) is 23.7 Å². The molecule has 0 spiro atoms. The number of para-hydroxylation sites is 2. The highest BCUT2D eigenvalue weighted by molar-refractivity contribution is 5.92. The van der Waals surface area contributed by atoms with E-state index in [-0.39, 0.29) is 12.1 Å². The van der Waals surface area contributed by atoms with Crippen LogP contribution in [0.25, 0.3) is 11.1 Å². The first kappa shape index (κ1) is 46.3. The van der Waals surface area contributed by atoms with Crippen molar-refractivity contribution >= 4 is 5.97 Å². The maximum Gasteiger partial charge on any atom is 0.343 e. The Morgan fingerprint density at radius 3 is 1.29 bits per heavy atom. The molecular formula is C51H78O4. The van der Waals surface area contributed by atoms with E-state index >= 15 is 0 Å². The molecule has 0 aromatic heterocycles. The molecule has 0 aliphatic rings. The number of carbonyl (C=O) groups is 1. The lowest BCUT2D eigenvalue weighted by Crippen LogP contribution is -2.10. The number of benzene rings is 3. The molecule has 0 fully saturated rings. The third-order valence-electron chi connectivity index (χ3n) is 11.0. The minimum Gasteiger partial charge on any atom is -0.490 e. The third kappa shape index (κ3) is 21.1. The predicted molar refractivity (Wildman–Crippen MR) is 235 cm³/mol. The summed E-state index contributed by atoms with van der Waals surface area (Å²) in [6.45, 7) is 8.14. The Labute approximate surface area is 337 Å². The van der Waals surface area contributed by atoms with Gasteiger partial charge >= 0.3 is 5.97 Å². The Morgan fingerprint density at radius 2 is 0.836 bits per heavy atom. The van der Waals surface area contributed by atoms with Crippen LogP contribution in [0.5, 0.6) is 11.5 Å². The lowest BCUT2D eigenvalue weighted by molar-refractivity contribution is 0.0627. The van der Waals surface area contributed by atoms with Crippen LogP contribution in [0.2, 0.25) is 0 Å². The summed E-state index contributed by atoms with van der Waals surface area (Å²) in [6.07, 6.45) is 35.0. The second kappa shape index (κ2) is 31.0. The Morgan fingerprint density at radius 1 is 0.455 bits per heavy atom. The number of ether oxygens (including phenoxy) is 3. The zero-order chi connectivity index (χ0) is 39.0. The summed E-state index contributed by atoms with van der Waals surface area (Å²) in [5.74, 6) is 0.698. The topological polar surface area (TPSA) is 44.8 Å². The number of hydrogen-bond donors (Lipinski definition) is 0. The van der Waals surface area contributed by atoms with Crippen molar-refractivity contribution in [1.82, 2.24) is 0 Å². The quantitative estimate of drug-likeness (QED) is 0.0346. The summed E-state index contributed by atoms with van der Waals surface area (Å²) in [5.41, 5.74) is 3.87. The van der Waals surface area contributed by atoms with Crippen LogP contribution in [-0.4, -0.2) is 19.2 Å². The van der Waals surface area contributed by atoms with E-state index in [2.05, 4.69) is 45.0 Å². The van der Waals surface area contributed by atoms with Crippen LogP contribution in [-0.2, 0) is 4.74 Å². The normalized spacial score (nSPS) is 11.8. The van der Waals surface area contributed by atoms with Crippen molar-refractivity contribution in [2.45, 2.75) is 194 Å². The summed E-state index contributed by atoms with van der Waals surface area (Å²) < 4.78 is 18.0. The molecule has 0 saturated heterocycles. The molecular weight excluding hydrogens is 677 g/mol. The second-order valence-corrected chi connectivity index (χ2v) is 15.9. The molecule has 0 aliphatic heterocycles. The summed E-state index contributed by atoms with van der Waals surface area (Å²) in [5, 5.41) is 0. The van der Waals surface area contributed by atoms with E-state index in [1.54, 1.807) is 6.07 Å². The zero-order valence-corrected chi connectivity index (χ0v) is 35.4. The molecule has 4 heteroatoms. The number of unbranched alkanes of at least 4 members (excludes halogenated alkanes) is 24. The predicted octanol–water partition coefficient (Wildman–Crippen LogP) is 16.2. The molecule has 55 heavy (non-hydrogen) atoms. The van der Waals surface area contributed by atoms with Crippen molar-refractivity contribution in [3.8, 4) is 22.6 Å². The van der Waals surface area contributed by atoms with Gasteiger partial charge in [0, 0.05) is 6.61 Å². The minimum absolute atomic E-state index is 0.0734. The smallest absolute Gasteiger partial charge is 0.343 e. The molecule has 3 rings (SSSR count). The zero-order valence-electron chi connectivity index (χ0n) is 35.4. The van der Waals surface area contributed by atoms with Crippen LogP contribution in [0, 0.1) is 0 Å². The van der Waals surface area contributed by atoms with Gasteiger partial charge in [-0.3, -0.25) is 0 Å². The van der Waals surface area contributed by atoms with Crippen molar-refractivity contribution in [3.63, 3.8) is 0 Å². The molecule has 1 unspecified atom stereocenters. The molecule has 0 radical (unpaired) electrons. The van der Waals surface area contributed by atoms with Gasteiger partial charge in [-0.05, 0) is 60.7 Å². The van der Waals surface area contributed by atoms with Crippen molar-refractivity contribution in [1.29, 1.82) is 0 Å². The Hall–Kier alpha value is -3.11. The third-order valence-corrected chi connectivity index (χ3v) is 11.0. The van der Waals surface area contributed by atoms with Crippen LogP contribution in [0.4, 0.5) is 0 Å². The van der Waals surface area contributed by atoms with Gasteiger partial charge in [0.05, 0.1) is 18.3 Å². The average molecular weight is 755 g/mol. The fourth-order valence-corrected chi connectivity index (χ4v) is 7.34. The molecule has 0 saturated carbocycles. The fraction of sp³-hybridized carbons (Fsp3) is 0.627. The molecule has 0 N–H and O–H groups in total. The standard InChI is InChI=1S/C51H78O4/c1-4-6-8-10-12-14-16-17-18-19-20-21-23-24-26-30-42-53-44(3)45-34-36-46(37-35-45)47-38-40-48(41-39-47)51(52)55-50-33-29-28-32-49(50)54-43-31-27-25-22-15-13-11-9-7-5-2/h28-29,32-41,44H,4-27,30-31,42-43H2,1-3H3. The Balaban J connectivity index is 1.26. The van der Waals surface area contributed by atoms with Gasteiger partial charge in [0.15, 0.2) is 11.5 Å². The summed E-state index contributed by atoms with van der Waals surface area (Å²) in [4.78, 5) is 13.1. The molecule has 0 aliphatic carbocycles. The highest BCUT2D eigenvalue weighted by Crippen LogP contribution is 2.29. The summed E-state index contributed by atoms with van der Waals surface area (Å²) >= 11 is 0. The first-order valence-corrected chi connectivity index (χ1v) is 22.9. The molecule has 0 amide bonds. The van der Waals surface area contributed by atoms with Crippen molar-refractivity contribution in [2.24, 2.45) is 0 Å². The summed E-state index contributed by atoms with van der Waals surface area (Å²) in [7, 11) is 0. The molecule has 3 aromatic rings. The Kier molecular flexibility index (Phi) is 26.1. The summed E-state index contributed by atoms with van der Waals surface area (Å²) in [6, 6.07) is 23.7. The van der Waals surface area contributed by atoms with E-state index < -0.39 is 0 Å². The van der Waals surface area contributed by atoms with Crippen molar-refractivity contribution in [3.05, 3.63) is 83.9 Å². The van der Waals surface area contributed by atoms with Crippen LogP contribution < -0.4 is 9.47 Å². The van der Waals surface area contributed by atoms with Gasteiger partial charge in [0.2, 0.25) is 0 Å². The van der Waals surface area contributed by atoms with Gasteiger partial charge in [0.25, 0.3) is 0 Å². The van der Waals surface area contributed by atoms with E-state index in [1.807, 2.05) is 42.5 Å². The van der Waals surface area contributed by atoms with E-state index in [4.69, 9.17) is 14.2 Å². The number of carbonyl (C=O) groups excluding carboxylic acids is 1. The second-order valence-electron chi connectivity index (χ2n) is 15.9. The maximum atomic E-state index is 13.1. The van der Waals surface area contributed by atoms with Crippen molar-refractivity contribution < 1.29 is 19.0 Å².